The molecule has 0 saturated carbocycles. The van der Waals surface area contributed by atoms with Crippen LogP contribution in [0.2, 0.25) is 0 Å². The summed E-state index contributed by atoms with van der Waals surface area (Å²) in [5, 5.41) is 0. The molecule has 0 aromatic heterocycles. The van der Waals surface area contributed by atoms with Crippen LogP contribution >= 0.6 is 0 Å². The highest BCUT2D eigenvalue weighted by molar-refractivity contribution is 5.19. The SMILES string of the molecule is CN(CC1CCCCO1)C(C)(CN)Cc1cccc(F)c1. The van der Waals surface area contributed by atoms with E-state index < -0.39 is 0 Å². The number of likely N-dealkylation sites (N-methyl/N-ethyl adjacent to an activating group) is 1. The van der Waals surface area contributed by atoms with E-state index in [1.54, 1.807) is 12.1 Å². The molecule has 1 aliphatic rings. The van der Waals surface area contributed by atoms with E-state index >= 15 is 0 Å². The van der Waals surface area contributed by atoms with E-state index in [1.165, 1.54) is 12.5 Å². The first-order valence-electron chi connectivity index (χ1n) is 7.81. The number of nitrogens with two attached hydrogens (primary N) is 1. The first kappa shape index (κ1) is 16.4. The van der Waals surface area contributed by atoms with Crippen LogP contribution in [0.15, 0.2) is 24.3 Å². The Morgan fingerprint density at radius 3 is 2.86 bits per heavy atom. The van der Waals surface area contributed by atoms with Gasteiger partial charge in [-0.25, -0.2) is 4.39 Å². The van der Waals surface area contributed by atoms with Crippen LogP contribution in [0.3, 0.4) is 0 Å². The molecule has 1 fully saturated rings. The minimum atomic E-state index is -0.190. The second kappa shape index (κ2) is 7.34. The third kappa shape index (κ3) is 4.50. The average molecular weight is 294 g/mol. The molecule has 1 aromatic carbocycles. The van der Waals surface area contributed by atoms with E-state index in [0.29, 0.717) is 12.6 Å². The fraction of sp³-hybridized carbons (Fsp3) is 0.647. The van der Waals surface area contributed by atoms with Crippen molar-refractivity contribution < 1.29 is 9.13 Å². The minimum absolute atomic E-state index is 0.186. The van der Waals surface area contributed by atoms with Crippen LogP contribution in [0.5, 0.6) is 0 Å². The summed E-state index contributed by atoms with van der Waals surface area (Å²) < 4.78 is 19.2. The predicted molar refractivity (Wildman–Crippen MR) is 83.8 cm³/mol. The first-order chi connectivity index (χ1) is 10.0. The molecule has 1 aliphatic heterocycles. The Morgan fingerprint density at radius 2 is 2.24 bits per heavy atom. The molecule has 2 unspecified atom stereocenters. The highest BCUT2D eigenvalue weighted by Gasteiger charge is 2.30. The normalized spacial score (nSPS) is 22.2. The standard InChI is InChI=1S/C17H27FN2O/c1-17(13-19,11-14-6-5-7-15(18)10-14)20(2)12-16-8-3-4-9-21-16/h5-7,10,16H,3-4,8-9,11-13,19H2,1-2H3. The second-order valence-corrected chi connectivity index (χ2v) is 6.38. The Balaban J connectivity index is 2.01. The van der Waals surface area contributed by atoms with Gasteiger partial charge in [-0.1, -0.05) is 12.1 Å². The highest BCUT2D eigenvalue weighted by atomic mass is 19.1. The molecule has 2 rings (SSSR count). The molecular formula is C17H27FN2O. The number of ether oxygens (including phenoxy) is 1. The lowest BCUT2D eigenvalue weighted by atomic mass is 9.90. The van der Waals surface area contributed by atoms with E-state index in [9.17, 15) is 4.39 Å². The molecular weight excluding hydrogens is 267 g/mol. The van der Waals surface area contributed by atoms with Gasteiger partial charge in [0.25, 0.3) is 0 Å². The van der Waals surface area contributed by atoms with Crippen molar-refractivity contribution >= 4 is 0 Å². The molecule has 0 bridgehead atoms. The maximum absolute atomic E-state index is 13.4. The molecule has 0 radical (unpaired) electrons. The van der Waals surface area contributed by atoms with E-state index in [2.05, 4.69) is 18.9 Å². The van der Waals surface area contributed by atoms with Gasteiger partial charge in [-0.3, -0.25) is 4.90 Å². The summed E-state index contributed by atoms with van der Waals surface area (Å²) in [5.41, 5.74) is 6.82. The van der Waals surface area contributed by atoms with Crippen molar-refractivity contribution in [2.24, 2.45) is 5.73 Å². The van der Waals surface area contributed by atoms with Crippen LogP contribution in [0, 0.1) is 5.82 Å². The van der Waals surface area contributed by atoms with Crippen molar-refractivity contribution in [1.29, 1.82) is 0 Å². The number of nitrogens with zero attached hydrogens (tertiary/aromatic N) is 1. The van der Waals surface area contributed by atoms with Gasteiger partial charge in [0, 0.05) is 25.2 Å². The summed E-state index contributed by atoms with van der Waals surface area (Å²) in [5.74, 6) is -0.190. The number of benzene rings is 1. The third-order valence-corrected chi connectivity index (χ3v) is 4.59. The lowest BCUT2D eigenvalue weighted by Crippen LogP contribution is -2.54. The Bertz CT molecular complexity index is 448. The largest absolute Gasteiger partial charge is 0.377 e. The van der Waals surface area contributed by atoms with Crippen molar-refractivity contribution in [3.05, 3.63) is 35.6 Å². The maximum Gasteiger partial charge on any atom is 0.123 e. The minimum Gasteiger partial charge on any atom is -0.377 e. The van der Waals surface area contributed by atoms with Gasteiger partial charge in [0.1, 0.15) is 5.82 Å². The molecule has 0 amide bonds. The molecule has 21 heavy (non-hydrogen) atoms. The van der Waals surface area contributed by atoms with Gasteiger partial charge in [-0.15, -0.1) is 0 Å². The van der Waals surface area contributed by atoms with Crippen LogP contribution in [0.4, 0.5) is 4.39 Å². The molecule has 118 valence electrons. The summed E-state index contributed by atoms with van der Waals surface area (Å²) in [6.45, 7) is 4.41. The summed E-state index contributed by atoms with van der Waals surface area (Å²) in [6, 6.07) is 6.79. The van der Waals surface area contributed by atoms with Gasteiger partial charge >= 0.3 is 0 Å². The van der Waals surface area contributed by atoms with Crippen molar-refractivity contribution in [2.45, 2.75) is 44.2 Å². The van der Waals surface area contributed by atoms with Gasteiger partial charge in [0.2, 0.25) is 0 Å². The number of hydrogen-bond acceptors (Lipinski definition) is 3. The summed E-state index contributed by atoms with van der Waals surface area (Å²) in [7, 11) is 2.09. The first-order valence-corrected chi connectivity index (χ1v) is 7.81. The molecule has 1 saturated heterocycles. The van der Waals surface area contributed by atoms with E-state index in [1.807, 2.05) is 6.07 Å². The van der Waals surface area contributed by atoms with Crippen LogP contribution in [-0.4, -0.2) is 43.3 Å². The molecule has 1 aromatic rings. The fourth-order valence-electron chi connectivity index (χ4n) is 2.93. The lowest BCUT2D eigenvalue weighted by Gasteiger charge is -2.40. The molecule has 4 heteroatoms. The van der Waals surface area contributed by atoms with Gasteiger partial charge < -0.3 is 10.5 Å². The van der Waals surface area contributed by atoms with E-state index in [-0.39, 0.29) is 11.4 Å². The van der Waals surface area contributed by atoms with Gasteiger partial charge in [0.05, 0.1) is 6.10 Å². The molecule has 2 N–H and O–H groups in total. The third-order valence-electron chi connectivity index (χ3n) is 4.59. The predicted octanol–water partition coefficient (Wildman–Crippen LogP) is 2.59. The van der Waals surface area contributed by atoms with Gasteiger partial charge in [-0.2, -0.15) is 0 Å². The Kier molecular flexibility index (Phi) is 5.73. The second-order valence-electron chi connectivity index (χ2n) is 6.38. The van der Waals surface area contributed by atoms with E-state index in [0.717, 1.165) is 38.0 Å². The number of halogens is 1. The van der Waals surface area contributed by atoms with Gasteiger partial charge in [0.15, 0.2) is 0 Å². The Morgan fingerprint density at radius 1 is 1.43 bits per heavy atom. The highest BCUT2D eigenvalue weighted by Crippen LogP contribution is 2.22. The number of hydrogen-bond donors (Lipinski definition) is 1. The number of rotatable bonds is 6. The van der Waals surface area contributed by atoms with Crippen molar-refractivity contribution in [3.63, 3.8) is 0 Å². The quantitative estimate of drug-likeness (QED) is 0.876. The zero-order chi connectivity index (χ0) is 15.3. The zero-order valence-corrected chi connectivity index (χ0v) is 13.1. The zero-order valence-electron chi connectivity index (χ0n) is 13.1. The summed E-state index contributed by atoms with van der Waals surface area (Å²) in [6.07, 6.45) is 4.55. The summed E-state index contributed by atoms with van der Waals surface area (Å²) in [4.78, 5) is 2.27. The van der Waals surface area contributed by atoms with Crippen molar-refractivity contribution in [1.82, 2.24) is 4.90 Å². The van der Waals surface area contributed by atoms with Crippen molar-refractivity contribution in [2.75, 3.05) is 26.7 Å². The lowest BCUT2D eigenvalue weighted by molar-refractivity contribution is -0.0197. The topological polar surface area (TPSA) is 38.5 Å². The van der Waals surface area contributed by atoms with Gasteiger partial charge in [-0.05, 0) is 57.4 Å². The van der Waals surface area contributed by atoms with Crippen LogP contribution < -0.4 is 5.73 Å². The van der Waals surface area contributed by atoms with Crippen LogP contribution in [-0.2, 0) is 11.2 Å². The Labute approximate surface area is 127 Å². The molecule has 2 atom stereocenters. The fourth-order valence-corrected chi connectivity index (χ4v) is 2.93. The maximum atomic E-state index is 13.4. The van der Waals surface area contributed by atoms with E-state index in [4.69, 9.17) is 10.5 Å². The molecule has 0 spiro atoms. The average Bonchev–Trinajstić information content (AvgIpc) is 2.48. The molecule has 3 nitrogen and oxygen atoms in total. The smallest absolute Gasteiger partial charge is 0.123 e. The van der Waals surface area contributed by atoms with Crippen molar-refractivity contribution in [3.8, 4) is 0 Å². The monoisotopic (exact) mass is 294 g/mol. The van der Waals surface area contributed by atoms with Crippen LogP contribution in [0.25, 0.3) is 0 Å². The van der Waals surface area contributed by atoms with Crippen LogP contribution in [0.1, 0.15) is 31.7 Å². The molecule has 0 aliphatic carbocycles. The Hall–Kier alpha value is -0.970. The molecule has 1 heterocycles. The summed E-state index contributed by atoms with van der Waals surface area (Å²) >= 11 is 0.